The third-order valence-corrected chi connectivity index (χ3v) is 2.63. The van der Waals surface area contributed by atoms with Gasteiger partial charge in [-0.25, -0.2) is 4.98 Å². The molecular weight excluding hydrogens is 216 g/mol. The standard InChI is InChI=1S/C12H20N4O/c1-12(2,7-13)8-16(3)11-9(10(14)17)5-4-6-15-11/h4-6H,7-8,13H2,1-3H3,(H2,14,17). The SMILES string of the molecule is CN(CC(C)(C)CN)c1ncccc1C(N)=O. The third kappa shape index (κ3) is 3.42. The van der Waals surface area contributed by atoms with Crippen LogP contribution in [0.4, 0.5) is 5.82 Å². The fourth-order valence-electron chi connectivity index (χ4n) is 1.67. The number of hydrogen-bond acceptors (Lipinski definition) is 4. The lowest BCUT2D eigenvalue weighted by molar-refractivity contribution is 0.100. The van der Waals surface area contributed by atoms with E-state index in [2.05, 4.69) is 18.8 Å². The zero-order valence-electron chi connectivity index (χ0n) is 10.6. The molecule has 0 aliphatic rings. The van der Waals surface area contributed by atoms with Crippen LogP contribution in [-0.2, 0) is 0 Å². The minimum Gasteiger partial charge on any atom is -0.365 e. The van der Waals surface area contributed by atoms with Crippen LogP contribution >= 0.6 is 0 Å². The van der Waals surface area contributed by atoms with Gasteiger partial charge in [0.2, 0.25) is 0 Å². The van der Waals surface area contributed by atoms with Crippen molar-refractivity contribution in [2.45, 2.75) is 13.8 Å². The Kier molecular flexibility index (Phi) is 4.07. The van der Waals surface area contributed by atoms with Crippen LogP contribution < -0.4 is 16.4 Å². The Hall–Kier alpha value is -1.62. The molecule has 1 aromatic heterocycles. The maximum atomic E-state index is 11.3. The first-order valence-corrected chi connectivity index (χ1v) is 5.53. The predicted octanol–water partition coefficient (Wildman–Crippen LogP) is 0.602. The molecule has 0 unspecified atom stereocenters. The normalized spacial score (nSPS) is 11.3. The van der Waals surface area contributed by atoms with Crippen molar-refractivity contribution >= 4 is 11.7 Å². The highest BCUT2D eigenvalue weighted by atomic mass is 16.1. The molecule has 4 N–H and O–H groups in total. The molecule has 1 rings (SSSR count). The largest absolute Gasteiger partial charge is 0.365 e. The first kappa shape index (κ1) is 13.4. The van der Waals surface area contributed by atoms with Crippen molar-refractivity contribution in [3.8, 4) is 0 Å². The van der Waals surface area contributed by atoms with Crippen molar-refractivity contribution in [1.82, 2.24) is 4.98 Å². The van der Waals surface area contributed by atoms with Crippen molar-refractivity contribution in [3.63, 3.8) is 0 Å². The van der Waals surface area contributed by atoms with Gasteiger partial charge in [0.25, 0.3) is 5.91 Å². The van der Waals surface area contributed by atoms with Gasteiger partial charge in [-0.15, -0.1) is 0 Å². The summed E-state index contributed by atoms with van der Waals surface area (Å²) in [5, 5.41) is 0. The molecule has 0 saturated carbocycles. The van der Waals surface area contributed by atoms with Gasteiger partial charge in [-0.3, -0.25) is 4.79 Å². The van der Waals surface area contributed by atoms with Crippen molar-refractivity contribution < 1.29 is 4.79 Å². The Labute approximate surface area is 102 Å². The molecule has 0 bridgehead atoms. The number of aromatic nitrogens is 1. The van der Waals surface area contributed by atoms with Gasteiger partial charge >= 0.3 is 0 Å². The summed E-state index contributed by atoms with van der Waals surface area (Å²) in [6.45, 7) is 5.41. The topological polar surface area (TPSA) is 85.2 Å². The summed E-state index contributed by atoms with van der Waals surface area (Å²) in [5.74, 6) is 0.132. The summed E-state index contributed by atoms with van der Waals surface area (Å²) < 4.78 is 0. The number of carbonyl (C=O) groups is 1. The molecule has 1 amide bonds. The number of nitrogens with zero attached hydrogens (tertiary/aromatic N) is 2. The Morgan fingerprint density at radius 1 is 1.53 bits per heavy atom. The van der Waals surface area contributed by atoms with Gasteiger partial charge in [-0.1, -0.05) is 13.8 Å². The van der Waals surface area contributed by atoms with Gasteiger partial charge in [0, 0.05) is 19.8 Å². The molecule has 1 heterocycles. The molecular formula is C12H20N4O. The Bertz CT molecular complexity index is 403. The molecule has 0 aromatic carbocycles. The van der Waals surface area contributed by atoms with Crippen LogP contribution in [0, 0.1) is 5.41 Å². The number of nitrogens with two attached hydrogens (primary N) is 2. The van der Waals surface area contributed by atoms with Crippen LogP contribution in [0.25, 0.3) is 0 Å². The Balaban J connectivity index is 2.96. The predicted molar refractivity (Wildman–Crippen MR) is 68.9 cm³/mol. The molecule has 94 valence electrons. The second-order valence-corrected chi connectivity index (χ2v) is 4.96. The molecule has 0 saturated heterocycles. The number of carbonyl (C=O) groups excluding carboxylic acids is 1. The van der Waals surface area contributed by atoms with E-state index >= 15 is 0 Å². The fourth-order valence-corrected chi connectivity index (χ4v) is 1.67. The molecule has 0 fully saturated rings. The van der Waals surface area contributed by atoms with Crippen molar-refractivity contribution in [2.75, 3.05) is 25.0 Å². The van der Waals surface area contributed by atoms with E-state index in [-0.39, 0.29) is 5.41 Å². The van der Waals surface area contributed by atoms with Gasteiger partial charge in [-0.05, 0) is 24.1 Å². The highest BCUT2D eigenvalue weighted by Gasteiger charge is 2.21. The number of anilines is 1. The lowest BCUT2D eigenvalue weighted by atomic mass is 9.93. The highest BCUT2D eigenvalue weighted by molar-refractivity contribution is 5.97. The van der Waals surface area contributed by atoms with E-state index in [0.29, 0.717) is 24.5 Å². The lowest BCUT2D eigenvalue weighted by Gasteiger charge is -2.30. The Morgan fingerprint density at radius 3 is 2.71 bits per heavy atom. The summed E-state index contributed by atoms with van der Waals surface area (Å²) in [5.41, 5.74) is 11.4. The quantitative estimate of drug-likeness (QED) is 0.784. The molecule has 0 atom stereocenters. The summed E-state index contributed by atoms with van der Waals surface area (Å²) in [6.07, 6.45) is 1.65. The summed E-state index contributed by atoms with van der Waals surface area (Å²) in [4.78, 5) is 17.4. The fraction of sp³-hybridized carbons (Fsp3) is 0.500. The zero-order chi connectivity index (χ0) is 13.1. The van der Waals surface area contributed by atoms with Gasteiger partial charge in [-0.2, -0.15) is 0 Å². The van der Waals surface area contributed by atoms with E-state index < -0.39 is 5.91 Å². The van der Waals surface area contributed by atoms with E-state index in [1.807, 2.05) is 11.9 Å². The van der Waals surface area contributed by atoms with Crippen LogP contribution in [0.2, 0.25) is 0 Å². The van der Waals surface area contributed by atoms with Crippen LogP contribution in [-0.4, -0.2) is 31.0 Å². The first-order valence-electron chi connectivity index (χ1n) is 5.53. The molecule has 0 aliphatic carbocycles. The Morgan fingerprint density at radius 2 is 2.18 bits per heavy atom. The highest BCUT2D eigenvalue weighted by Crippen LogP contribution is 2.21. The average molecular weight is 236 g/mol. The van der Waals surface area contributed by atoms with Gasteiger partial charge in [0.15, 0.2) is 0 Å². The van der Waals surface area contributed by atoms with E-state index in [9.17, 15) is 4.79 Å². The van der Waals surface area contributed by atoms with Gasteiger partial charge < -0.3 is 16.4 Å². The maximum Gasteiger partial charge on any atom is 0.252 e. The maximum absolute atomic E-state index is 11.3. The first-order chi connectivity index (χ1) is 7.87. The van der Waals surface area contributed by atoms with E-state index in [4.69, 9.17) is 11.5 Å². The summed E-state index contributed by atoms with van der Waals surface area (Å²) in [7, 11) is 1.88. The lowest BCUT2D eigenvalue weighted by Crippen LogP contribution is -2.38. The second kappa shape index (κ2) is 5.14. The smallest absolute Gasteiger partial charge is 0.252 e. The molecule has 17 heavy (non-hydrogen) atoms. The zero-order valence-corrected chi connectivity index (χ0v) is 10.6. The number of hydrogen-bond donors (Lipinski definition) is 2. The molecule has 0 radical (unpaired) electrons. The summed E-state index contributed by atoms with van der Waals surface area (Å²) in [6, 6.07) is 3.38. The van der Waals surface area contributed by atoms with Crippen LogP contribution in [0.5, 0.6) is 0 Å². The number of pyridine rings is 1. The van der Waals surface area contributed by atoms with Crippen molar-refractivity contribution in [3.05, 3.63) is 23.9 Å². The van der Waals surface area contributed by atoms with Gasteiger partial charge in [0.05, 0.1) is 5.56 Å². The number of amides is 1. The number of rotatable bonds is 5. The van der Waals surface area contributed by atoms with Crippen molar-refractivity contribution in [2.24, 2.45) is 16.9 Å². The summed E-state index contributed by atoms with van der Waals surface area (Å²) >= 11 is 0. The van der Waals surface area contributed by atoms with Crippen LogP contribution in [0.15, 0.2) is 18.3 Å². The van der Waals surface area contributed by atoms with E-state index in [0.717, 1.165) is 0 Å². The third-order valence-electron chi connectivity index (χ3n) is 2.63. The average Bonchev–Trinajstić information content (AvgIpc) is 2.28. The van der Waals surface area contributed by atoms with Crippen LogP contribution in [0.3, 0.4) is 0 Å². The molecule has 5 heteroatoms. The monoisotopic (exact) mass is 236 g/mol. The molecule has 5 nitrogen and oxygen atoms in total. The molecule has 0 aliphatic heterocycles. The molecule has 1 aromatic rings. The van der Waals surface area contributed by atoms with E-state index in [1.165, 1.54) is 0 Å². The second-order valence-electron chi connectivity index (χ2n) is 4.96. The van der Waals surface area contributed by atoms with Crippen molar-refractivity contribution in [1.29, 1.82) is 0 Å². The van der Waals surface area contributed by atoms with Gasteiger partial charge in [0.1, 0.15) is 5.82 Å². The minimum absolute atomic E-state index is 0.0405. The number of primary amides is 1. The molecule has 0 spiro atoms. The van der Waals surface area contributed by atoms with E-state index in [1.54, 1.807) is 18.3 Å². The van der Waals surface area contributed by atoms with Crippen LogP contribution in [0.1, 0.15) is 24.2 Å². The minimum atomic E-state index is -0.467.